The lowest BCUT2D eigenvalue weighted by atomic mass is 10.2. The Hall–Kier alpha value is -1.97. The third-order valence-corrected chi connectivity index (χ3v) is 3.51. The van der Waals surface area contributed by atoms with Crippen molar-refractivity contribution in [1.82, 2.24) is 10.2 Å². The SMILES string of the molecule is CN=C(NCc1cc2ccccc2o1)N1CCCC1. The maximum Gasteiger partial charge on any atom is 0.194 e. The first-order chi connectivity index (χ1) is 9.36. The molecule has 0 aliphatic carbocycles. The van der Waals surface area contributed by atoms with Crippen LogP contribution in [0, 0.1) is 0 Å². The van der Waals surface area contributed by atoms with Gasteiger partial charge >= 0.3 is 0 Å². The van der Waals surface area contributed by atoms with Gasteiger partial charge in [0, 0.05) is 25.5 Å². The van der Waals surface area contributed by atoms with Crippen LogP contribution < -0.4 is 5.32 Å². The second kappa shape index (κ2) is 5.34. The molecular weight excluding hydrogens is 238 g/mol. The molecule has 0 amide bonds. The summed E-state index contributed by atoms with van der Waals surface area (Å²) in [6.45, 7) is 2.87. The van der Waals surface area contributed by atoms with Gasteiger partial charge in [-0.1, -0.05) is 18.2 Å². The molecule has 0 bridgehead atoms. The van der Waals surface area contributed by atoms with Crippen LogP contribution in [0.25, 0.3) is 11.0 Å². The van der Waals surface area contributed by atoms with Crippen molar-refractivity contribution < 1.29 is 4.42 Å². The molecule has 19 heavy (non-hydrogen) atoms. The van der Waals surface area contributed by atoms with Gasteiger partial charge in [-0.3, -0.25) is 4.99 Å². The van der Waals surface area contributed by atoms with Gasteiger partial charge < -0.3 is 14.6 Å². The van der Waals surface area contributed by atoms with Crippen molar-refractivity contribution in [3.8, 4) is 0 Å². The van der Waals surface area contributed by atoms with Gasteiger partial charge in [0.15, 0.2) is 5.96 Å². The molecule has 4 heteroatoms. The number of aliphatic imine (C=N–C) groups is 1. The van der Waals surface area contributed by atoms with Crippen LogP contribution in [0.2, 0.25) is 0 Å². The third-order valence-electron chi connectivity index (χ3n) is 3.51. The largest absolute Gasteiger partial charge is 0.459 e. The minimum atomic E-state index is 0.678. The van der Waals surface area contributed by atoms with E-state index in [4.69, 9.17) is 4.42 Å². The van der Waals surface area contributed by atoms with E-state index in [9.17, 15) is 0 Å². The van der Waals surface area contributed by atoms with Crippen molar-refractivity contribution in [1.29, 1.82) is 0 Å². The molecule has 0 unspecified atom stereocenters. The number of likely N-dealkylation sites (tertiary alicyclic amines) is 1. The Kier molecular flexibility index (Phi) is 3.40. The summed E-state index contributed by atoms with van der Waals surface area (Å²) in [4.78, 5) is 6.62. The Morgan fingerprint density at radius 2 is 2.11 bits per heavy atom. The first kappa shape index (κ1) is 12.1. The average molecular weight is 257 g/mol. The summed E-state index contributed by atoms with van der Waals surface area (Å²) in [5.41, 5.74) is 0.940. The van der Waals surface area contributed by atoms with E-state index in [0.29, 0.717) is 6.54 Å². The molecule has 1 fully saturated rings. The monoisotopic (exact) mass is 257 g/mol. The van der Waals surface area contributed by atoms with Crippen LogP contribution in [0.5, 0.6) is 0 Å². The molecule has 1 aromatic carbocycles. The van der Waals surface area contributed by atoms with Gasteiger partial charge in [-0.2, -0.15) is 0 Å². The molecule has 0 spiro atoms. The summed E-state index contributed by atoms with van der Waals surface area (Å²) in [5.74, 6) is 1.92. The second-order valence-corrected chi connectivity index (χ2v) is 4.85. The van der Waals surface area contributed by atoms with Crippen molar-refractivity contribution in [2.75, 3.05) is 20.1 Å². The number of nitrogens with one attached hydrogen (secondary N) is 1. The highest BCUT2D eigenvalue weighted by Crippen LogP contribution is 2.18. The maximum absolute atomic E-state index is 5.79. The molecule has 1 aliphatic rings. The maximum atomic E-state index is 5.79. The van der Waals surface area contributed by atoms with Crippen molar-refractivity contribution >= 4 is 16.9 Å². The minimum absolute atomic E-state index is 0.678. The number of para-hydroxylation sites is 1. The molecular formula is C15H19N3O. The van der Waals surface area contributed by atoms with Crippen molar-refractivity contribution in [3.63, 3.8) is 0 Å². The average Bonchev–Trinajstić information content (AvgIpc) is 3.08. The van der Waals surface area contributed by atoms with Crippen LogP contribution in [0.1, 0.15) is 18.6 Å². The summed E-state index contributed by atoms with van der Waals surface area (Å²) in [6.07, 6.45) is 2.51. The Morgan fingerprint density at radius 1 is 1.32 bits per heavy atom. The standard InChI is InChI=1S/C15H19N3O/c1-16-15(18-8-4-5-9-18)17-11-13-10-12-6-2-3-7-14(12)19-13/h2-3,6-7,10H,4-5,8-9,11H2,1H3,(H,16,17). The first-order valence-electron chi connectivity index (χ1n) is 6.80. The van der Waals surface area contributed by atoms with E-state index in [1.54, 1.807) is 0 Å². The quantitative estimate of drug-likeness (QED) is 0.664. The Morgan fingerprint density at radius 3 is 2.84 bits per heavy atom. The molecule has 1 saturated heterocycles. The molecule has 2 aromatic rings. The van der Waals surface area contributed by atoms with Gasteiger partial charge in [-0.15, -0.1) is 0 Å². The van der Waals surface area contributed by atoms with Crippen LogP contribution in [-0.2, 0) is 6.54 Å². The van der Waals surface area contributed by atoms with Crippen LogP contribution in [-0.4, -0.2) is 31.0 Å². The fourth-order valence-electron chi connectivity index (χ4n) is 2.55. The number of hydrogen-bond acceptors (Lipinski definition) is 2. The van der Waals surface area contributed by atoms with E-state index < -0.39 is 0 Å². The van der Waals surface area contributed by atoms with Crippen LogP contribution in [0.4, 0.5) is 0 Å². The summed E-state index contributed by atoms with van der Waals surface area (Å²) in [6, 6.07) is 10.2. The molecule has 0 radical (unpaired) electrons. The van der Waals surface area contributed by atoms with Gasteiger partial charge in [0.1, 0.15) is 11.3 Å². The van der Waals surface area contributed by atoms with Crippen LogP contribution in [0.3, 0.4) is 0 Å². The predicted molar refractivity (Wildman–Crippen MR) is 77.2 cm³/mol. The summed E-state index contributed by atoms with van der Waals surface area (Å²) < 4.78 is 5.79. The summed E-state index contributed by atoms with van der Waals surface area (Å²) in [7, 11) is 1.83. The molecule has 1 aliphatic heterocycles. The van der Waals surface area contributed by atoms with Gasteiger partial charge in [0.2, 0.25) is 0 Å². The van der Waals surface area contributed by atoms with E-state index in [0.717, 1.165) is 35.8 Å². The lowest BCUT2D eigenvalue weighted by Crippen LogP contribution is -2.39. The summed E-state index contributed by atoms with van der Waals surface area (Å²) in [5, 5.41) is 4.52. The zero-order valence-electron chi connectivity index (χ0n) is 11.2. The Bertz CT molecular complexity index is 549. The molecule has 1 aromatic heterocycles. The molecule has 1 N–H and O–H groups in total. The number of nitrogens with zero attached hydrogens (tertiary/aromatic N) is 2. The number of rotatable bonds is 2. The number of furan rings is 1. The van der Waals surface area contributed by atoms with Crippen LogP contribution >= 0.6 is 0 Å². The van der Waals surface area contributed by atoms with E-state index in [-0.39, 0.29) is 0 Å². The molecule has 0 atom stereocenters. The lowest BCUT2D eigenvalue weighted by Gasteiger charge is -2.20. The Labute approximate surface area is 113 Å². The zero-order valence-corrected chi connectivity index (χ0v) is 11.2. The van der Waals surface area contributed by atoms with E-state index in [1.165, 1.54) is 12.8 Å². The zero-order chi connectivity index (χ0) is 13.1. The highest BCUT2D eigenvalue weighted by Gasteiger charge is 2.15. The molecule has 100 valence electrons. The number of hydrogen-bond donors (Lipinski definition) is 1. The predicted octanol–water partition coefficient (Wildman–Crippen LogP) is 2.60. The fraction of sp³-hybridized carbons (Fsp3) is 0.400. The van der Waals surface area contributed by atoms with E-state index in [1.807, 2.05) is 25.2 Å². The lowest BCUT2D eigenvalue weighted by molar-refractivity contribution is 0.479. The molecule has 4 nitrogen and oxygen atoms in total. The highest BCUT2D eigenvalue weighted by atomic mass is 16.3. The topological polar surface area (TPSA) is 40.8 Å². The number of benzene rings is 1. The molecule has 3 rings (SSSR count). The number of fused-ring (bicyclic) bond motifs is 1. The van der Waals surface area contributed by atoms with Gasteiger partial charge in [-0.25, -0.2) is 0 Å². The molecule has 0 saturated carbocycles. The third kappa shape index (κ3) is 2.57. The minimum Gasteiger partial charge on any atom is -0.459 e. The normalized spacial score (nSPS) is 16.3. The first-order valence-corrected chi connectivity index (χ1v) is 6.80. The smallest absolute Gasteiger partial charge is 0.194 e. The van der Waals surface area contributed by atoms with Gasteiger partial charge in [0.25, 0.3) is 0 Å². The fourth-order valence-corrected chi connectivity index (χ4v) is 2.55. The highest BCUT2D eigenvalue weighted by molar-refractivity contribution is 5.80. The van der Waals surface area contributed by atoms with Crippen molar-refractivity contribution in [2.45, 2.75) is 19.4 Å². The van der Waals surface area contributed by atoms with Crippen molar-refractivity contribution in [3.05, 3.63) is 36.1 Å². The summed E-state index contributed by atoms with van der Waals surface area (Å²) >= 11 is 0. The van der Waals surface area contributed by atoms with E-state index >= 15 is 0 Å². The van der Waals surface area contributed by atoms with Gasteiger partial charge in [-0.05, 0) is 25.0 Å². The van der Waals surface area contributed by atoms with Crippen LogP contribution in [0.15, 0.2) is 39.7 Å². The van der Waals surface area contributed by atoms with E-state index in [2.05, 4.69) is 27.3 Å². The number of guanidine groups is 1. The molecule has 2 heterocycles. The Balaban J connectivity index is 1.67. The van der Waals surface area contributed by atoms with Crippen molar-refractivity contribution in [2.24, 2.45) is 4.99 Å². The van der Waals surface area contributed by atoms with Gasteiger partial charge in [0.05, 0.1) is 6.54 Å². The second-order valence-electron chi connectivity index (χ2n) is 4.85.